The molecule has 3 rings (SSSR count). The number of ether oxygens (including phenoxy) is 3. The number of thioether (sulfide) groups is 1. The van der Waals surface area contributed by atoms with Crippen LogP contribution in [0.2, 0.25) is 0 Å². The number of aromatic nitrogens is 5. The highest BCUT2D eigenvalue weighted by atomic mass is 32.2. The molecule has 2 N–H and O–H groups in total. The number of nitrogens with zero attached hydrogens (tertiary/aromatic N) is 5. The molecule has 0 radical (unpaired) electrons. The second-order valence-electron chi connectivity index (χ2n) is 7.55. The van der Waals surface area contributed by atoms with Crippen molar-refractivity contribution in [3.05, 3.63) is 0 Å². The summed E-state index contributed by atoms with van der Waals surface area (Å²) in [6.07, 6.45) is 0.915. The fourth-order valence-electron chi connectivity index (χ4n) is 3.37. The van der Waals surface area contributed by atoms with Gasteiger partial charge in [-0.25, -0.2) is 19.4 Å². The number of hydrogen-bond acceptors (Lipinski definition) is 11. The van der Waals surface area contributed by atoms with E-state index in [1.165, 1.54) is 32.7 Å². The Kier molecular flexibility index (Phi) is 7.11. The minimum atomic E-state index is -1.60. The Labute approximate surface area is 178 Å². The molecule has 2 aromatic heterocycles. The molecular formula is C18H27N6O5S-. The summed E-state index contributed by atoms with van der Waals surface area (Å²) in [5.74, 6) is -0.959. The van der Waals surface area contributed by atoms with E-state index in [1.54, 1.807) is 4.68 Å². The van der Waals surface area contributed by atoms with Crippen molar-refractivity contribution in [2.24, 2.45) is 0 Å². The highest BCUT2D eigenvalue weighted by Gasteiger charge is 2.39. The number of anilines is 1. The van der Waals surface area contributed by atoms with E-state index >= 15 is 0 Å². The molecule has 0 aromatic carbocycles. The summed E-state index contributed by atoms with van der Waals surface area (Å²) < 4.78 is 17.7. The van der Waals surface area contributed by atoms with Crippen LogP contribution in [0.5, 0.6) is 0 Å². The number of fused-ring (bicyclic) bond motifs is 1. The van der Waals surface area contributed by atoms with Gasteiger partial charge in [0.1, 0.15) is 6.61 Å². The second-order valence-corrected chi connectivity index (χ2v) is 8.62. The molecule has 1 fully saturated rings. The third-order valence-corrected chi connectivity index (χ3v) is 5.67. The van der Waals surface area contributed by atoms with Crippen LogP contribution in [0.4, 0.5) is 5.82 Å². The van der Waals surface area contributed by atoms with Crippen LogP contribution in [0.3, 0.4) is 0 Å². The van der Waals surface area contributed by atoms with E-state index in [9.17, 15) is 9.90 Å². The molecule has 1 saturated carbocycles. The Morgan fingerprint density at radius 3 is 2.73 bits per heavy atom. The lowest BCUT2D eigenvalue weighted by molar-refractivity contribution is -0.550. The van der Waals surface area contributed by atoms with Gasteiger partial charge < -0.3 is 25.1 Å². The van der Waals surface area contributed by atoms with E-state index < -0.39 is 24.0 Å². The summed E-state index contributed by atoms with van der Waals surface area (Å²) >= 11 is 1.51. The highest BCUT2D eigenvalue weighted by Crippen LogP contribution is 2.37. The van der Waals surface area contributed by atoms with Crippen molar-refractivity contribution in [2.75, 3.05) is 25.2 Å². The molecule has 0 unspecified atom stereocenters. The van der Waals surface area contributed by atoms with Gasteiger partial charge >= 0.3 is 5.97 Å². The zero-order chi connectivity index (χ0) is 21.9. The van der Waals surface area contributed by atoms with Crippen LogP contribution in [0.15, 0.2) is 5.16 Å². The van der Waals surface area contributed by atoms with Gasteiger partial charge in [-0.2, -0.15) is 0 Å². The minimum absolute atomic E-state index is 0.191. The predicted octanol–water partition coefficient (Wildman–Crippen LogP) is 0.680. The maximum absolute atomic E-state index is 12.2. The minimum Gasteiger partial charge on any atom is -0.829 e. The van der Waals surface area contributed by atoms with Crippen LogP contribution < -0.4 is 10.8 Å². The molecule has 3 atom stereocenters. The molecule has 1 aliphatic rings. The molecule has 0 spiro atoms. The fraction of sp³-hybridized carbons (Fsp3) is 0.722. The van der Waals surface area contributed by atoms with Gasteiger partial charge in [-0.1, -0.05) is 37.7 Å². The third kappa shape index (κ3) is 5.36. The number of carbonyl (C=O) groups excluding carboxylic acids is 1. The Balaban J connectivity index is 1.86. The quantitative estimate of drug-likeness (QED) is 0.254. The van der Waals surface area contributed by atoms with Gasteiger partial charge in [0.05, 0.1) is 25.4 Å². The Bertz CT molecular complexity index is 886. The van der Waals surface area contributed by atoms with E-state index in [2.05, 4.69) is 31.9 Å². The highest BCUT2D eigenvalue weighted by molar-refractivity contribution is 7.99. The number of hydrogen-bond donors (Lipinski definition) is 1. The molecule has 2 aromatic rings. The lowest BCUT2D eigenvalue weighted by Crippen LogP contribution is -2.45. The summed E-state index contributed by atoms with van der Waals surface area (Å²) in [5, 5.41) is 21.1. The Hall–Kier alpha value is -2.02. The summed E-state index contributed by atoms with van der Waals surface area (Å²) in [6, 6.07) is -0.191. The number of nitrogen functional groups attached to an aromatic ring is 1. The molecule has 2 heterocycles. The molecule has 0 amide bonds. The van der Waals surface area contributed by atoms with Crippen LogP contribution in [0.1, 0.15) is 46.1 Å². The smallest absolute Gasteiger partial charge is 0.331 e. The van der Waals surface area contributed by atoms with Crippen LogP contribution in [0, 0.1) is 0 Å². The fourth-order valence-corrected chi connectivity index (χ4v) is 4.07. The third-order valence-electron chi connectivity index (χ3n) is 4.61. The molecule has 30 heavy (non-hydrogen) atoms. The maximum Gasteiger partial charge on any atom is 0.331 e. The average molecular weight is 440 g/mol. The van der Waals surface area contributed by atoms with Gasteiger partial charge in [0.25, 0.3) is 0 Å². The lowest BCUT2D eigenvalue weighted by Gasteiger charge is -2.36. The normalized spacial score (nSPS) is 22.0. The van der Waals surface area contributed by atoms with Gasteiger partial charge in [0.2, 0.25) is 0 Å². The second kappa shape index (κ2) is 9.41. The van der Waals surface area contributed by atoms with Crippen LogP contribution in [0.25, 0.3) is 11.2 Å². The molecule has 0 bridgehead atoms. The van der Waals surface area contributed by atoms with Crippen molar-refractivity contribution in [1.29, 1.82) is 0 Å². The number of rotatable bonds is 9. The van der Waals surface area contributed by atoms with Crippen LogP contribution in [-0.2, 0) is 19.0 Å². The van der Waals surface area contributed by atoms with Crippen molar-refractivity contribution >= 4 is 34.7 Å². The van der Waals surface area contributed by atoms with Crippen molar-refractivity contribution in [3.63, 3.8) is 0 Å². The number of carbonyl (C=O) groups is 1. The van der Waals surface area contributed by atoms with Crippen LogP contribution in [-0.4, -0.2) is 68.4 Å². The Morgan fingerprint density at radius 1 is 1.33 bits per heavy atom. The van der Waals surface area contributed by atoms with E-state index in [-0.39, 0.29) is 18.5 Å². The summed E-state index contributed by atoms with van der Waals surface area (Å²) in [5.41, 5.74) is 7.01. The van der Waals surface area contributed by atoms with Gasteiger partial charge in [0, 0.05) is 5.75 Å². The molecule has 166 valence electrons. The van der Waals surface area contributed by atoms with E-state index in [0.717, 1.165) is 12.2 Å². The number of methoxy groups -OCH3 is 1. The standard InChI is InChI=1S/C18H27N6O5S/c1-5-6-30-17-20-15(19)14-16(21-17)24(23-22-14)10-7-11(28-9-13(25)27-4)12(8-10)29-18(2,3)26/h10-12H,5-9H2,1-4H3,(H2,19,20,21)/q-1/t10-,11+,12+/m1/s1. The van der Waals surface area contributed by atoms with E-state index in [4.69, 9.17) is 15.2 Å². The number of esters is 1. The maximum atomic E-state index is 12.2. The first-order valence-electron chi connectivity index (χ1n) is 9.79. The molecular weight excluding hydrogens is 412 g/mol. The molecule has 1 aliphatic carbocycles. The van der Waals surface area contributed by atoms with Gasteiger partial charge in [-0.15, -0.1) is 5.10 Å². The molecule has 12 heteroatoms. The topological polar surface area (TPSA) is 150 Å². The van der Waals surface area contributed by atoms with Gasteiger partial charge in [0.15, 0.2) is 22.1 Å². The first kappa shape index (κ1) is 22.7. The lowest BCUT2D eigenvalue weighted by atomic mass is 10.2. The van der Waals surface area contributed by atoms with E-state index in [1.807, 2.05) is 0 Å². The monoisotopic (exact) mass is 439 g/mol. The van der Waals surface area contributed by atoms with Crippen molar-refractivity contribution < 1.29 is 24.1 Å². The summed E-state index contributed by atoms with van der Waals surface area (Å²) in [7, 11) is 1.29. The SMILES string of the molecule is CCCSc1nc(N)c2nnn([C@@H]3C[C@H](OCC(=O)OC)[C@@H](OC(C)(C)[O-])C3)c2n1. The zero-order valence-electron chi connectivity index (χ0n) is 17.5. The number of nitrogens with two attached hydrogens (primary N) is 1. The zero-order valence-corrected chi connectivity index (χ0v) is 18.3. The van der Waals surface area contributed by atoms with Gasteiger partial charge in [-0.3, -0.25) is 0 Å². The molecule has 11 nitrogen and oxygen atoms in total. The van der Waals surface area contributed by atoms with Crippen molar-refractivity contribution in [3.8, 4) is 0 Å². The summed E-state index contributed by atoms with van der Waals surface area (Å²) in [6.45, 7) is 4.73. The Morgan fingerprint density at radius 2 is 2.07 bits per heavy atom. The van der Waals surface area contributed by atoms with Crippen molar-refractivity contribution in [2.45, 2.75) is 69.2 Å². The predicted molar refractivity (Wildman–Crippen MR) is 108 cm³/mol. The average Bonchev–Trinajstić information content (AvgIpc) is 3.27. The van der Waals surface area contributed by atoms with E-state index in [0.29, 0.717) is 29.2 Å². The largest absolute Gasteiger partial charge is 0.829 e. The van der Waals surface area contributed by atoms with Gasteiger partial charge in [-0.05, 0) is 25.0 Å². The first-order chi connectivity index (χ1) is 14.2. The molecule has 0 aliphatic heterocycles. The van der Waals surface area contributed by atoms with Crippen LogP contribution >= 0.6 is 11.8 Å². The van der Waals surface area contributed by atoms with Crippen molar-refractivity contribution in [1.82, 2.24) is 25.0 Å². The molecule has 0 saturated heterocycles. The summed E-state index contributed by atoms with van der Waals surface area (Å²) in [4.78, 5) is 20.4. The first-order valence-corrected chi connectivity index (χ1v) is 10.8.